The number of carbonyl (C=O) groups is 1. The molecule has 2 rings (SSSR count). The standard InChI is InChI=1S/C13H18N2O2/c1-10(16)13-6-5-12(9-14-13)17-8-7-15(2)11-3-4-11/h5-6,9,11H,3-4,7-8H2,1-2H3. The lowest BCUT2D eigenvalue weighted by atomic mass is 10.3. The maximum atomic E-state index is 11.0. The van der Waals surface area contributed by atoms with Gasteiger partial charge in [0.1, 0.15) is 18.1 Å². The van der Waals surface area contributed by atoms with Gasteiger partial charge in [0.2, 0.25) is 0 Å². The third kappa shape index (κ3) is 3.53. The molecule has 0 amide bonds. The minimum Gasteiger partial charge on any atom is -0.491 e. The van der Waals surface area contributed by atoms with Crippen molar-refractivity contribution in [3.05, 3.63) is 24.0 Å². The Morgan fingerprint density at radius 3 is 2.82 bits per heavy atom. The lowest BCUT2D eigenvalue weighted by molar-refractivity contribution is 0.101. The third-order valence-corrected chi connectivity index (χ3v) is 2.98. The van der Waals surface area contributed by atoms with Gasteiger partial charge in [-0.1, -0.05) is 0 Å². The van der Waals surface area contributed by atoms with Crippen LogP contribution in [0.2, 0.25) is 0 Å². The number of Topliss-reactive ketones (excluding diaryl/α,β-unsaturated/α-hetero) is 1. The smallest absolute Gasteiger partial charge is 0.178 e. The topological polar surface area (TPSA) is 42.4 Å². The molecule has 1 aliphatic rings. The van der Waals surface area contributed by atoms with Crippen molar-refractivity contribution < 1.29 is 9.53 Å². The highest BCUT2D eigenvalue weighted by atomic mass is 16.5. The molecule has 1 saturated carbocycles. The van der Waals surface area contributed by atoms with E-state index >= 15 is 0 Å². The van der Waals surface area contributed by atoms with Crippen molar-refractivity contribution in [3.8, 4) is 5.75 Å². The Morgan fingerprint density at radius 2 is 2.29 bits per heavy atom. The van der Waals surface area contributed by atoms with Gasteiger partial charge < -0.3 is 9.64 Å². The summed E-state index contributed by atoms with van der Waals surface area (Å²) >= 11 is 0. The highest BCUT2D eigenvalue weighted by Crippen LogP contribution is 2.24. The second kappa shape index (κ2) is 5.27. The minimum absolute atomic E-state index is 0.0231. The van der Waals surface area contributed by atoms with E-state index in [0.717, 1.165) is 18.3 Å². The molecular formula is C13H18N2O2. The molecule has 0 radical (unpaired) electrons. The van der Waals surface area contributed by atoms with Crippen molar-refractivity contribution in [2.24, 2.45) is 0 Å². The van der Waals surface area contributed by atoms with E-state index in [1.165, 1.54) is 19.8 Å². The minimum atomic E-state index is -0.0231. The molecule has 1 aliphatic carbocycles. The molecule has 17 heavy (non-hydrogen) atoms. The number of ketones is 1. The molecule has 0 unspecified atom stereocenters. The maximum absolute atomic E-state index is 11.0. The first-order valence-corrected chi connectivity index (χ1v) is 5.97. The molecule has 1 heterocycles. The third-order valence-electron chi connectivity index (χ3n) is 2.98. The van der Waals surface area contributed by atoms with Crippen molar-refractivity contribution in [1.29, 1.82) is 0 Å². The number of nitrogens with zero attached hydrogens (tertiary/aromatic N) is 2. The Balaban J connectivity index is 1.76. The van der Waals surface area contributed by atoms with Gasteiger partial charge in [0.25, 0.3) is 0 Å². The summed E-state index contributed by atoms with van der Waals surface area (Å²) in [5, 5.41) is 0. The van der Waals surface area contributed by atoms with Crippen LogP contribution in [0.15, 0.2) is 18.3 Å². The average molecular weight is 234 g/mol. The average Bonchev–Trinajstić information content (AvgIpc) is 3.13. The molecule has 0 saturated heterocycles. The Bertz CT molecular complexity index is 385. The molecule has 0 spiro atoms. The van der Waals surface area contributed by atoms with E-state index < -0.39 is 0 Å². The van der Waals surface area contributed by atoms with E-state index in [9.17, 15) is 4.79 Å². The van der Waals surface area contributed by atoms with Crippen molar-refractivity contribution in [2.45, 2.75) is 25.8 Å². The number of hydrogen-bond donors (Lipinski definition) is 0. The highest BCUT2D eigenvalue weighted by Gasteiger charge is 2.25. The van der Waals surface area contributed by atoms with Crippen molar-refractivity contribution in [1.82, 2.24) is 9.88 Å². The zero-order chi connectivity index (χ0) is 12.3. The SMILES string of the molecule is CC(=O)c1ccc(OCCN(C)C2CC2)cn1. The number of carbonyl (C=O) groups excluding carboxylic acids is 1. The molecule has 4 nitrogen and oxygen atoms in total. The predicted octanol–water partition coefficient (Wildman–Crippen LogP) is 1.76. The molecule has 1 aromatic rings. The number of rotatable bonds is 6. The first-order valence-electron chi connectivity index (χ1n) is 5.97. The van der Waals surface area contributed by atoms with Crippen LogP contribution in [0.1, 0.15) is 30.3 Å². The summed E-state index contributed by atoms with van der Waals surface area (Å²) in [5.74, 6) is 0.698. The van der Waals surface area contributed by atoms with Crippen LogP contribution in [-0.2, 0) is 0 Å². The number of hydrogen-bond acceptors (Lipinski definition) is 4. The number of aromatic nitrogens is 1. The quantitative estimate of drug-likeness (QED) is 0.703. The van der Waals surface area contributed by atoms with Crippen LogP contribution in [-0.4, -0.2) is 41.9 Å². The molecule has 1 aromatic heterocycles. The van der Waals surface area contributed by atoms with Gasteiger partial charge in [-0.25, -0.2) is 4.98 Å². The first-order chi connectivity index (χ1) is 8.16. The molecule has 0 N–H and O–H groups in total. The molecule has 0 aliphatic heterocycles. The zero-order valence-corrected chi connectivity index (χ0v) is 10.3. The number of pyridine rings is 1. The molecule has 92 valence electrons. The fraction of sp³-hybridized carbons (Fsp3) is 0.538. The largest absolute Gasteiger partial charge is 0.491 e. The Morgan fingerprint density at radius 1 is 1.53 bits per heavy atom. The van der Waals surface area contributed by atoms with Crippen molar-refractivity contribution in [3.63, 3.8) is 0 Å². The lowest BCUT2D eigenvalue weighted by Crippen LogP contribution is -2.26. The fourth-order valence-corrected chi connectivity index (χ4v) is 1.68. The van der Waals surface area contributed by atoms with Gasteiger partial charge in [-0.3, -0.25) is 4.79 Å². The predicted molar refractivity (Wildman–Crippen MR) is 65.4 cm³/mol. The second-order valence-corrected chi connectivity index (χ2v) is 4.50. The molecule has 0 bridgehead atoms. The van der Waals surface area contributed by atoms with E-state index in [4.69, 9.17) is 4.74 Å². The fourth-order valence-electron chi connectivity index (χ4n) is 1.68. The molecular weight excluding hydrogens is 216 g/mol. The maximum Gasteiger partial charge on any atom is 0.178 e. The van der Waals surface area contributed by atoms with Crippen LogP contribution in [0.4, 0.5) is 0 Å². The van der Waals surface area contributed by atoms with Gasteiger partial charge >= 0.3 is 0 Å². The van der Waals surface area contributed by atoms with E-state index in [0.29, 0.717) is 12.3 Å². The van der Waals surface area contributed by atoms with Crippen LogP contribution in [0.5, 0.6) is 5.75 Å². The van der Waals surface area contributed by atoms with Crippen LogP contribution in [0.25, 0.3) is 0 Å². The number of ether oxygens (including phenoxy) is 1. The van der Waals surface area contributed by atoms with E-state index in [1.807, 2.05) is 0 Å². The molecule has 0 aromatic carbocycles. The van der Waals surface area contributed by atoms with E-state index in [-0.39, 0.29) is 5.78 Å². The van der Waals surface area contributed by atoms with Crippen LogP contribution >= 0.6 is 0 Å². The molecule has 0 atom stereocenters. The molecule has 4 heteroatoms. The van der Waals surface area contributed by atoms with Crippen molar-refractivity contribution >= 4 is 5.78 Å². The lowest BCUT2D eigenvalue weighted by Gasteiger charge is -2.15. The summed E-state index contributed by atoms with van der Waals surface area (Å²) in [6.07, 6.45) is 4.23. The summed E-state index contributed by atoms with van der Waals surface area (Å²) in [4.78, 5) is 17.4. The number of likely N-dealkylation sites (N-methyl/N-ethyl adjacent to an activating group) is 1. The van der Waals surface area contributed by atoms with Gasteiger partial charge in [-0.05, 0) is 32.0 Å². The van der Waals surface area contributed by atoms with Gasteiger partial charge in [0.15, 0.2) is 5.78 Å². The zero-order valence-electron chi connectivity index (χ0n) is 10.3. The van der Waals surface area contributed by atoms with Gasteiger partial charge in [0.05, 0.1) is 6.20 Å². The summed E-state index contributed by atoms with van der Waals surface area (Å²) in [7, 11) is 2.12. The van der Waals surface area contributed by atoms with Crippen LogP contribution in [0.3, 0.4) is 0 Å². The van der Waals surface area contributed by atoms with Crippen LogP contribution in [0, 0.1) is 0 Å². The van der Waals surface area contributed by atoms with Gasteiger partial charge in [0, 0.05) is 19.5 Å². The normalized spacial score (nSPS) is 15.0. The Hall–Kier alpha value is -1.42. The first kappa shape index (κ1) is 12.0. The monoisotopic (exact) mass is 234 g/mol. The Kier molecular flexibility index (Phi) is 3.74. The summed E-state index contributed by atoms with van der Waals surface area (Å²) in [5.41, 5.74) is 0.479. The highest BCUT2D eigenvalue weighted by molar-refractivity contribution is 5.92. The van der Waals surface area contributed by atoms with Crippen molar-refractivity contribution in [2.75, 3.05) is 20.2 Å². The molecule has 1 fully saturated rings. The van der Waals surface area contributed by atoms with Gasteiger partial charge in [-0.2, -0.15) is 0 Å². The second-order valence-electron chi connectivity index (χ2n) is 4.50. The van der Waals surface area contributed by atoms with Crippen LogP contribution < -0.4 is 4.74 Å². The Labute approximate surface area is 102 Å². The van der Waals surface area contributed by atoms with E-state index in [1.54, 1.807) is 18.3 Å². The summed E-state index contributed by atoms with van der Waals surface area (Å²) in [6.45, 7) is 3.10. The van der Waals surface area contributed by atoms with E-state index in [2.05, 4.69) is 16.9 Å². The van der Waals surface area contributed by atoms with Gasteiger partial charge in [-0.15, -0.1) is 0 Å². The summed E-state index contributed by atoms with van der Waals surface area (Å²) < 4.78 is 5.57. The summed E-state index contributed by atoms with van der Waals surface area (Å²) in [6, 6.07) is 4.25.